The predicted molar refractivity (Wildman–Crippen MR) is 96.9 cm³/mol. The van der Waals surface area contributed by atoms with Gasteiger partial charge in [-0.05, 0) is 44.6 Å². The van der Waals surface area contributed by atoms with E-state index in [1.807, 2.05) is 11.8 Å². The number of rotatable bonds is 8. The molecule has 144 valence electrons. The van der Waals surface area contributed by atoms with Crippen molar-refractivity contribution in [3.05, 3.63) is 18.1 Å². The highest BCUT2D eigenvalue weighted by Gasteiger charge is 2.31. The van der Waals surface area contributed by atoms with Gasteiger partial charge in [0.1, 0.15) is 0 Å². The first-order valence-corrected chi connectivity index (χ1v) is 9.44. The van der Waals surface area contributed by atoms with Gasteiger partial charge in [0, 0.05) is 32.3 Å². The minimum Gasteiger partial charge on any atom is -0.475 e. The largest absolute Gasteiger partial charge is 0.475 e. The summed E-state index contributed by atoms with van der Waals surface area (Å²) in [6, 6.07) is 1.73. The van der Waals surface area contributed by atoms with E-state index >= 15 is 0 Å². The Morgan fingerprint density at radius 2 is 2.15 bits per heavy atom. The predicted octanol–water partition coefficient (Wildman–Crippen LogP) is 2.52. The summed E-state index contributed by atoms with van der Waals surface area (Å²) in [4.78, 5) is 17.1. The van der Waals surface area contributed by atoms with Crippen molar-refractivity contribution in [1.82, 2.24) is 10.3 Å². The normalized spacial score (nSPS) is 23.4. The third-order valence-electron chi connectivity index (χ3n) is 4.96. The van der Waals surface area contributed by atoms with E-state index in [-0.39, 0.29) is 29.8 Å². The van der Waals surface area contributed by atoms with E-state index in [1.54, 1.807) is 12.3 Å². The molecule has 2 aliphatic rings. The number of hydrogen-bond donors (Lipinski definition) is 1. The van der Waals surface area contributed by atoms with Crippen LogP contribution in [0.5, 0.6) is 5.88 Å². The fourth-order valence-corrected chi connectivity index (χ4v) is 3.53. The average Bonchev–Trinajstić information content (AvgIpc) is 3.07. The minimum atomic E-state index is -0.356. The van der Waals surface area contributed by atoms with Gasteiger partial charge in [-0.1, -0.05) is 0 Å². The number of carbonyl (C=O) groups is 1. The number of anilines is 1. The van der Waals surface area contributed by atoms with Crippen molar-refractivity contribution < 1.29 is 18.7 Å². The number of hydrogen-bond acceptors (Lipinski definition) is 5. The van der Waals surface area contributed by atoms with Crippen LogP contribution in [0, 0.1) is 11.7 Å². The zero-order valence-corrected chi connectivity index (χ0v) is 15.5. The molecule has 1 N–H and O–H groups in total. The van der Waals surface area contributed by atoms with E-state index in [4.69, 9.17) is 9.47 Å². The van der Waals surface area contributed by atoms with Crippen molar-refractivity contribution in [2.75, 3.05) is 31.2 Å². The van der Waals surface area contributed by atoms with Crippen LogP contribution in [-0.4, -0.2) is 49.3 Å². The number of aromatic nitrogens is 1. The molecule has 0 aromatic carbocycles. The molecule has 0 radical (unpaired) electrons. The molecule has 1 aliphatic carbocycles. The van der Waals surface area contributed by atoms with Crippen LogP contribution in [0.25, 0.3) is 0 Å². The van der Waals surface area contributed by atoms with E-state index in [0.717, 1.165) is 38.8 Å². The van der Waals surface area contributed by atoms with Gasteiger partial charge in [0.2, 0.25) is 11.7 Å². The number of nitrogens with zero attached hydrogens (tertiary/aromatic N) is 2. The second-order valence-corrected chi connectivity index (χ2v) is 7.35. The maximum absolute atomic E-state index is 14.6. The summed E-state index contributed by atoms with van der Waals surface area (Å²) in [6.07, 6.45) is 5.78. The van der Waals surface area contributed by atoms with Crippen molar-refractivity contribution in [3.8, 4) is 5.88 Å². The molecule has 2 heterocycles. The molecule has 7 heteroatoms. The second-order valence-electron chi connectivity index (χ2n) is 7.35. The van der Waals surface area contributed by atoms with Crippen LogP contribution in [0.3, 0.4) is 0 Å². The molecular formula is C19H28FN3O3. The Morgan fingerprint density at radius 1 is 1.42 bits per heavy atom. The number of amides is 1. The molecule has 1 aromatic rings. The van der Waals surface area contributed by atoms with E-state index in [9.17, 15) is 9.18 Å². The van der Waals surface area contributed by atoms with Crippen molar-refractivity contribution in [3.63, 3.8) is 0 Å². The van der Waals surface area contributed by atoms with Crippen LogP contribution in [0.1, 0.15) is 39.5 Å². The highest BCUT2D eigenvalue weighted by molar-refractivity contribution is 5.73. The lowest BCUT2D eigenvalue weighted by Crippen LogP contribution is -2.40. The Bertz CT molecular complexity index is 616. The summed E-state index contributed by atoms with van der Waals surface area (Å²) in [5.74, 6) is 0.0445. The summed E-state index contributed by atoms with van der Waals surface area (Å²) < 4.78 is 26.0. The van der Waals surface area contributed by atoms with Crippen molar-refractivity contribution in [2.45, 2.75) is 51.7 Å². The Kier molecular flexibility index (Phi) is 6.29. The molecular weight excluding hydrogens is 337 g/mol. The Hall–Kier alpha value is -1.89. The summed E-state index contributed by atoms with van der Waals surface area (Å²) in [7, 11) is 0. The number of pyridine rings is 1. The smallest absolute Gasteiger partial charge is 0.252 e. The SMILES string of the molecule is CC(=O)N[C@@H](C)COC1CC(COc2nccc(N3CCCC3)c2F)C1. The van der Waals surface area contributed by atoms with Gasteiger partial charge in [0.25, 0.3) is 5.88 Å². The van der Waals surface area contributed by atoms with E-state index in [1.165, 1.54) is 6.92 Å². The summed E-state index contributed by atoms with van der Waals surface area (Å²) >= 11 is 0. The first-order chi connectivity index (χ1) is 12.5. The summed E-state index contributed by atoms with van der Waals surface area (Å²) in [5, 5.41) is 2.80. The van der Waals surface area contributed by atoms with Gasteiger partial charge < -0.3 is 19.7 Å². The highest BCUT2D eigenvalue weighted by atomic mass is 19.1. The molecule has 1 amide bonds. The maximum Gasteiger partial charge on any atom is 0.252 e. The molecule has 1 aliphatic heterocycles. The zero-order chi connectivity index (χ0) is 18.5. The van der Waals surface area contributed by atoms with Crippen molar-refractivity contribution in [1.29, 1.82) is 0 Å². The van der Waals surface area contributed by atoms with E-state index in [2.05, 4.69) is 10.3 Å². The van der Waals surface area contributed by atoms with Crippen LogP contribution < -0.4 is 15.0 Å². The molecule has 3 rings (SSSR count). The summed E-state index contributed by atoms with van der Waals surface area (Å²) in [5.41, 5.74) is 0.592. The van der Waals surface area contributed by atoms with Gasteiger partial charge in [-0.3, -0.25) is 4.79 Å². The molecule has 1 saturated carbocycles. The van der Waals surface area contributed by atoms with E-state index < -0.39 is 0 Å². The number of nitrogens with one attached hydrogen (secondary N) is 1. The average molecular weight is 365 g/mol. The van der Waals surface area contributed by atoms with Gasteiger partial charge in [0.15, 0.2) is 0 Å². The van der Waals surface area contributed by atoms with Crippen LogP contribution in [0.2, 0.25) is 0 Å². The molecule has 1 atom stereocenters. The number of halogens is 1. The molecule has 1 aromatic heterocycles. The monoisotopic (exact) mass is 365 g/mol. The standard InChI is InChI=1S/C19H28FN3O3/c1-13(22-14(2)24)11-25-16-9-15(10-16)12-26-19-18(20)17(5-6-21-19)23-7-3-4-8-23/h5-6,13,15-16H,3-4,7-12H2,1-2H3,(H,22,24)/t13-,15?,16?/m0/s1. The molecule has 1 saturated heterocycles. The quantitative estimate of drug-likeness (QED) is 0.767. The van der Waals surface area contributed by atoms with Crippen molar-refractivity contribution in [2.24, 2.45) is 5.92 Å². The van der Waals surface area contributed by atoms with Crippen LogP contribution in [-0.2, 0) is 9.53 Å². The lowest BCUT2D eigenvalue weighted by atomic mass is 9.83. The Labute approximate surface area is 154 Å². The fourth-order valence-electron chi connectivity index (χ4n) is 3.53. The molecule has 0 unspecified atom stereocenters. The van der Waals surface area contributed by atoms with Gasteiger partial charge >= 0.3 is 0 Å². The zero-order valence-electron chi connectivity index (χ0n) is 15.5. The maximum atomic E-state index is 14.6. The Balaban J connectivity index is 1.39. The fraction of sp³-hybridized carbons (Fsp3) is 0.684. The summed E-state index contributed by atoms with van der Waals surface area (Å²) in [6.45, 7) is 6.15. The topological polar surface area (TPSA) is 63.7 Å². The molecule has 6 nitrogen and oxygen atoms in total. The Morgan fingerprint density at radius 3 is 2.85 bits per heavy atom. The molecule has 0 bridgehead atoms. The van der Waals surface area contributed by atoms with Crippen LogP contribution in [0.15, 0.2) is 12.3 Å². The second kappa shape index (κ2) is 8.66. The number of carbonyl (C=O) groups excluding carboxylic acids is 1. The van der Waals surface area contributed by atoms with Crippen molar-refractivity contribution >= 4 is 11.6 Å². The lowest BCUT2D eigenvalue weighted by molar-refractivity contribution is -0.120. The highest BCUT2D eigenvalue weighted by Crippen LogP contribution is 2.32. The van der Waals surface area contributed by atoms with Gasteiger partial charge in [-0.25, -0.2) is 4.98 Å². The van der Waals surface area contributed by atoms with Gasteiger partial charge in [-0.2, -0.15) is 4.39 Å². The van der Waals surface area contributed by atoms with Gasteiger partial charge in [0.05, 0.1) is 25.0 Å². The molecule has 26 heavy (non-hydrogen) atoms. The first kappa shape index (κ1) is 18.9. The third kappa shape index (κ3) is 4.84. The molecule has 2 fully saturated rings. The number of ether oxygens (including phenoxy) is 2. The minimum absolute atomic E-state index is 0.00872. The van der Waals surface area contributed by atoms with Gasteiger partial charge in [-0.15, -0.1) is 0 Å². The van der Waals surface area contributed by atoms with Crippen LogP contribution in [0.4, 0.5) is 10.1 Å². The lowest BCUT2D eigenvalue weighted by Gasteiger charge is -2.35. The third-order valence-corrected chi connectivity index (χ3v) is 4.96. The molecule has 0 spiro atoms. The van der Waals surface area contributed by atoms with E-state index in [0.29, 0.717) is 24.8 Å². The first-order valence-electron chi connectivity index (χ1n) is 9.44. The van der Waals surface area contributed by atoms with Crippen LogP contribution >= 0.6 is 0 Å².